The molecule has 2 aromatic carbocycles. The lowest BCUT2D eigenvalue weighted by atomic mass is 10.1. The van der Waals surface area contributed by atoms with Gasteiger partial charge in [-0.05, 0) is 65.3 Å². The van der Waals surface area contributed by atoms with Crippen LogP contribution in [0.15, 0.2) is 70.0 Å². The number of alkyl carbamates (subject to hydrolysis) is 1. The Balaban J connectivity index is 0.000000236. The van der Waals surface area contributed by atoms with Crippen molar-refractivity contribution in [2.24, 2.45) is 0 Å². The van der Waals surface area contributed by atoms with Crippen molar-refractivity contribution in [2.45, 2.75) is 60.1 Å². The van der Waals surface area contributed by atoms with Crippen LogP contribution in [0, 0.1) is 13.8 Å². The normalized spacial score (nSPS) is 10.7. The highest BCUT2D eigenvalue weighted by Crippen LogP contribution is 2.16. The van der Waals surface area contributed by atoms with Gasteiger partial charge in [-0.25, -0.2) is 14.3 Å². The predicted octanol–water partition coefficient (Wildman–Crippen LogP) is 5.28. The second-order valence-corrected chi connectivity index (χ2v) is 10.6. The van der Waals surface area contributed by atoms with Gasteiger partial charge in [0.15, 0.2) is 0 Å². The SMILES string of the molecule is CCOC(=O)Nc1cccc(Cn2nc(C)ccc2=O)c1.Cc1ccc(-c2noc(CCNC(=O)OC(C)(C)C)n2)cc1. The van der Waals surface area contributed by atoms with Gasteiger partial charge in [0.2, 0.25) is 11.7 Å². The summed E-state index contributed by atoms with van der Waals surface area (Å²) in [5, 5.41) is 13.4. The van der Waals surface area contributed by atoms with Gasteiger partial charge < -0.3 is 19.3 Å². The van der Waals surface area contributed by atoms with Crippen LogP contribution >= 0.6 is 0 Å². The third kappa shape index (κ3) is 11.4. The highest BCUT2D eigenvalue weighted by Gasteiger charge is 2.16. The minimum Gasteiger partial charge on any atom is -0.450 e. The first-order chi connectivity index (χ1) is 20.4. The van der Waals surface area contributed by atoms with Crippen LogP contribution in [0.3, 0.4) is 0 Å². The zero-order chi connectivity index (χ0) is 31.4. The minimum atomic E-state index is -0.507. The molecule has 43 heavy (non-hydrogen) atoms. The predicted molar refractivity (Wildman–Crippen MR) is 162 cm³/mol. The van der Waals surface area contributed by atoms with Gasteiger partial charge in [0.25, 0.3) is 5.56 Å². The Morgan fingerprint density at radius 1 is 1.00 bits per heavy atom. The zero-order valence-corrected chi connectivity index (χ0v) is 25.3. The highest BCUT2D eigenvalue weighted by molar-refractivity contribution is 5.84. The number of carbonyl (C=O) groups excluding carboxylic acids is 2. The van der Waals surface area contributed by atoms with Crippen molar-refractivity contribution < 1.29 is 23.6 Å². The Morgan fingerprint density at radius 2 is 1.74 bits per heavy atom. The maximum absolute atomic E-state index is 11.7. The van der Waals surface area contributed by atoms with Gasteiger partial charge in [0.1, 0.15) is 5.60 Å². The van der Waals surface area contributed by atoms with E-state index < -0.39 is 17.8 Å². The Labute approximate surface area is 250 Å². The number of hydrogen-bond acceptors (Lipinski definition) is 9. The quantitative estimate of drug-likeness (QED) is 0.279. The summed E-state index contributed by atoms with van der Waals surface area (Å²) >= 11 is 0. The van der Waals surface area contributed by atoms with Crippen LogP contribution in [0.25, 0.3) is 11.4 Å². The number of rotatable bonds is 8. The maximum Gasteiger partial charge on any atom is 0.411 e. The van der Waals surface area contributed by atoms with E-state index in [9.17, 15) is 14.4 Å². The van der Waals surface area contributed by atoms with Crippen LogP contribution in [-0.4, -0.2) is 50.9 Å². The number of carbonyl (C=O) groups is 2. The number of anilines is 1. The van der Waals surface area contributed by atoms with Crippen molar-refractivity contribution in [3.63, 3.8) is 0 Å². The minimum absolute atomic E-state index is 0.163. The van der Waals surface area contributed by atoms with E-state index in [1.54, 1.807) is 31.2 Å². The summed E-state index contributed by atoms with van der Waals surface area (Å²) in [5.41, 5.74) is 3.67. The molecule has 2 heterocycles. The van der Waals surface area contributed by atoms with Gasteiger partial charge in [-0.15, -0.1) is 0 Å². The number of nitrogens with one attached hydrogen (secondary N) is 2. The van der Waals surface area contributed by atoms with Crippen LogP contribution in [0.4, 0.5) is 15.3 Å². The third-order valence-electron chi connectivity index (χ3n) is 5.57. The molecule has 2 N–H and O–H groups in total. The summed E-state index contributed by atoms with van der Waals surface area (Å²) in [7, 11) is 0. The van der Waals surface area contributed by atoms with E-state index in [4.69, 9.17) is 14.0 Å². The van der Waals surface area contributed by atoms with Crippen molar-refractivity contribution in [1.82, 2.24) is 25.2 Å². The number of hydrogen-bond donors (Lipinski definition) is 2. The molecule has 0 aliphatic carbocycles. The van der Waals surface area contributed by atoms with Gasteiger partial charge in [-0.1, -0.05) is 47.1 Å². The summed E-state index contributed by atoms with van der Waals surface area (Å²) in [6.45, 7) is 12.1. The molecule has 228 valence electrons. The molecular weight excluding hydrogens is 552 g/mol. The third-order valence-corrected chi connectivity index (χ3v) is 5.57. The van der Waals surface area contributed by atoms with Crippen LogP contribution in [0.5, 0.6) is 0 Å². The monoisotopic (exact) mass is 590 g/mol. The highest BCUT2D eigenvalue weighted by atomic mass is 16.6. The first-order valence-electron chi connectivity index (χ1n) is 13.9. The molecule has 12 nitrogen and oxygen atoms in total. The molecule has 0 aliphatic heterocycles. The van der Waals surface area contributed by atoms with E-state index in [2.05, 4.69) is 25.9 Å². The number of ether oxygens (including phenoxy) is 2. The van der Waals surface area contributed by atoms with Crippen molar-refractivity contribution >= 4 is 17.9 Å². The van der Waals surface area contributed by atoms with Crippen LogP contribution in [-0.2, 0) is 22.4 Å². The number of aromatic nitrogens is 4. The number of amides is 2. The Kier molecular flexibility index (Phi) is 11.6. The molecule has 4 aromatic rings. The molecule has 0 radical (unpaired) electrons. The molecule has 4 rings (SSSR count). The average Bonchev–Trinajstić information content (AvgIpc) is 3.40. The Bertz CT molecular complexity index is 1560. The molecule has 0 saturated heterocycles. The smallest absolute Gasteiger partial charge is 0.411 e. The van der Waals surface area contributed by atoms with Crippen molar-refractivity contribution in [3.8, 4) is 11.4 Å². The van der Waals surface area contributed by atoms with Gasteiger partial charge in [-0.3, -0.25) is 10.1 Å². The van der Waals surface area contributed by atoms with Gasteiger partial charge in [0, 0.05) is 30.3 Å². The van der Waals surface area contributed by atoms with E-state index >= 15 is 0 Å². The second-order valence-electron chi connectivity index (χ2n) is 10.6. The summed E-state index contributed by atoms with van der Waals surface area (Å²) < 4.78 is 16.5. The molecular formula is C31H38N6O6. The first-order valence-corrected chi connectivity index (χ1v) is 13.9. The van der Waals surface area contributed by atoms with E-state index in [1.165, 1.54) is 16.3 Å². The molecule has 0 spiro atoms. The maximum atomic E-state index is 11.7. The average molecular weight is 591 g/mol. The molecule has 0 atom stereocenters. The molecule has 0 fully saturated rings. The number of aryl methyl sites for hydroxylation is 2. The van der Waals surface area contributed by atoms with Gasteiger partial charge >= 0.3 is 12.2 Å². The summed E-state index contributed by atoms with van der Waals surface area (Å²) in [6.07, 6.45) is -0.496. The van der Waals surface area contributed by atoms with Crippen LogP contribution in [0.2, 0.25) is 0 Å². The number of nitrogens with zero attached hydrogens (tertiary/aromatic N) is 4. The van der Waals surface area contributed by atoms with E-state index in [-0.39, 0.29) is 5.56 Å². The van der Waals surface area contributed by atoms with E-state index in [0.29, 0.717) is 43.5 Å². The Morgan fingerprint density at radius 3 is 2.44 bits per heavy atom. The van der Waals surface area contributed by atoms with E-state index in [1.807, 2.05) is 65.0 Å². The molecule has 0 bridgehead atoms. The van der Waals surface area contributed by atoms with Crippen LogP contribution < -0.4 is 16.2 Å². The van der Waals surface area contributed by atoms with Crippen molar-refractivity contribution in [2.75, 3.05) is 18.5 Å². The van der Waals surface area contributed by atoms with Gasteiger partial charge in [0.05, 0.1) is 18.8 Å². The number of benzene rings is 2. The van der Waals surface area contributed by atoms with Crippen molar-refractivity contribution in [3.05, 3.63) is 93.7 Å². The fourth-order valence-corrected chi connectivity index (χ4v) is 3.63. The fraction of sp³-hybridized carbons (Fsp3) is 0.355. The molecule has 0 saturated carbocycles. The molecule has 2 amide bonds. The topological polar surface area (TPSA) is 150 Å². The largest absolute Gasteiger partial charge is 0.450 e. The van der Waals surface area contributed by atoms with E-state index in [0.717, 1.165) is 16.8 Å². The van der Waals surface area contributed by atoms with Gasteiger partial charge in [-0.2, -0.15) is 10.1 Å². The molecule has 2 aromatic heterocycles. The fourth-order valence-electron chi connectivity index (χ4n) is 3.63. The summed E-state index contributed by atoms with van der Waals surface area (Å²) in [5.74, 6) is 1.03. The zero-order valence-electron chi connectivity index (χ0n) is 25.3. The standard InChI is InChI=1S/C16H21N3O3.C15H17N3O3/c1-11-5-7-12(8-6-11)14-18-13(22-19-14)9-10-17-15(20)21-16(2,3)4;1-3-21-15(20)16-13-6-4-5-12(9-13)10-18-14(19)8-7-11(2)17-18/h5-8H,9-10H2,1-4H3,(H,17,20);4-9H,3,10H2,1-2H3,(H,16,20). The lowest BCUT2D eigenvalue weighted by molar-refractivity contribution is 0.0527. The molecule has 12 heteroatoms. The first kappa shape index (κ1) is 32.5. The lowest BCUT2D eigenvalue weighted by Crippen LogP contribution is -2.33. The Hall–Kier alpha value is -5.00. The lowest BCUT2D eigenvalue weighted by Gasteiger charge is -2.19. The summed E-state index contributed by atoms with van der Waals surface area (Å²) in [4.78, 5) is 38.9. The molecule has 0 aliphatic rings. The van der Waals surface area contributed by atoms with Crippen LogP contribution in [0.1, 0.15) is 50.4 Å². The summed E-state index contributed by atoms with van der Waals surface area (Å²) in [6, 6.07) is 18.3. The van der Waals surface area contributed by atoms with Crippen molar-refractivity contribution in [1.29, 1.82) is 0 Å². The second kappa shape index (κ2) is 15.3. The molecule has 0 unspecified atom stereocenters.